The molecule has 2 N–H and O–H groups in total. The van der Waals surface area contributed by atoms with Gasteiger partial charge in [0, 0.05) is 6.42 Å². The van der Waals surface area contributed by atoms with Crippen LogP contribution >= 0.6 is 0 Å². The second-order valence-electron chi connectivity index (χ2n) is 6.94. The molecule has 7 heteroatoms. The molecule has 0 aromatic carbocycles. The Morgan fingerprint density at radius 1 is 1.25 bits per heavy atom. The third kappa shape index (κ3) is 3.14. The van der Waals surface area contributed by atoms with Crippen molar-refractivity contribution < 1.29 is 24.2 Å². The average molecular weight is 303 g/mol. The van der Waals surface area contributed by atoms with Gasteiger partial charge in [-0.05, 0) is 25.1 Å². The van der Waals surface area contributed by atoms with Crippen LogP contribution in [-0.4, -0.2) is 53.7 Å². The van der Waals surface area contributed by atoms with Crippen molar-refractivity contribution >= 4 is 20.4 Å². The highest BCUT2D eigenvalue weighted by Crippen LogP contribution is 2.40. The molecule has 20 heavy (non-hydrogen) atoms. The van der Waals surface area contributed by atoms with Gasteiger partial charge in [-0.3, -0.25) is 4.90 Å². The summed E-state index contributed by atoms with van der Waals surface area (Å²) in [7, 11) is -2.05. The van der Waals surface area contributed by atoms with E-state index in [1.54, 1.807) is 6.92 Å². The van der Waals surface area contributed by atoms with Crippen molar-refractivity contribution in [3.8, 4) is 0 Å². The van der Waals surface area contributed by atoms with Gasteiger partial charge in [-0.2, -0.15) is 0 Å². The lowest BCUT2D eigenvalue weighted by atomic mass is 10.1. The molecule has 6 nitrogen and oxygen atoms in total. The quantitative estimate of drug-likeness (QED) is 0.783. The fraction of sp³-hybridized carbons (Fsp3) is 0.846. The highest BCUT2D eigenvalue weighted by Gasteiger charge is 2.49. The molecule has 1 saturated heterocycles. The fourth-order valence-electron chi connectivity index (χ4n) is 2.22. The number of carboxylic acids is 1. The minimum absolute atomic E-state index is 0.00207. The molecular formula is C13H25NO5Si. The predicted molar refractivity (Wildman–Crippen MR) is 77.4 cm³/mol. The molecule has 0 aromatic rings. The molecule has 0 saturated carbocycles. The van der Waals surface area contributed by atoms with Crippen molar-refractivity contribution in [2.24, 2.45) is 0 Å². The first-order valence-electron chi connectivity index (χ1n) is 6.80. The van der Waals surface area contributed by atoms with Gasteiger partial charge in [0.25, 0.3) is 0 Å². The van der Waals surface area contributed by atoms with E-state index in [0.717, 1.165) is 4.90 Å². The molecule has 0 radical (unpaired) electrons. The van der Waals surface area contributed by atoms with E-state index >= 15 is 0 Å². The third-order valence-corrected chi connectivity index (χ3v) is 9.03. The zero-order valence-corrected chi connectivity index (χ0v) is 14.0. The van der Waals surface area contributed by atoms with Crippen molar-refractivity contribution in [3.63, 3.8) is 0 Å². The van der Waals surface area contributed by atoms with E-state index in [1.165, 1.54) is 0 Å². The summed E-state index contributed by atoms with van der Waals surface area (Å²) in [5.41, 5.74) is 0. The highest BCUT2D eigenvalue weighted by atomic mass is 28.4. The van der Waals surface area contributed by atoms with Gasteiger partial charge in [0.2, 0.25) is 0 Å². The number of likely N-dealkylation sites (tertiary alicyclic amines) is 1. The van der Waals surface area contributed by atoms with Crippen molar-refractivity contribution in [2.45, 2.75) is 70.4 Å². The van der Waals surface area contributed by atoms with Crippen molar-refractivity contribution in [1.29, 1.82) is 0 Å². The predicted octanol–water partition coefficient (Wildman–Crippen LogP) is 2.60. The maximum Gasteiger partial charge on any atom is 0.408 e. The van der Waals surface area contributed by atoms with E-state index in [2.05, 4.69) is 33.9 Å². The molecule has 0 spiro atoms. The molecular weight excluding hydrogens is 278 g/mol. The lowest BCUT2D eigenvalue weighted by molar-refractivity contribution is -0.141. The maximum absolute atomic E-state index is 11.3. The summed E-state index contributed by atoms with van der Waals surface area (Å²) in [5, 5.41) is 18.4. The lowest BCUT2D eigenvalue weighted by Gasteiger charge is -2.39. The molecule has 1 aliphatic heterocycles. The van der Waals surface area contributed by atoms with Gasteiger partial charge >= 0.3 is 12.1 Å². The smallest absolute Gasteiger partial charge is 0.408 e. The molecule has 0 aromatic heterocycles. The summed E-state index contributed by atoms with van der Waals surface area (Å²) in [6.07, 6.45) is -1.34. The fourth-order valence-corrected chi connectivity index (χ4v) is 3.63. The monoisotopic (exact) mass is 303 g/mol. The zero-order valence-electron chi connectivity index (χ0n) is 13.0. The molecule has 1 rings (SSSR count). The lowest BCUT2D eigenvalue weighted by Crippen LogP contribution is -2.48. The van der Waals surface area contributed by atoms with Crippen LogP contribution in [0.4, 0.5) is 4.79 Å². The van der Waals surface area contributed by atoms with E-state index in [1.807, 2.05) is 0 Å². The van der Waals surface area contributed by atoms with Crippen LogP contribution in [0.2, 0.25) is 18.1 Å². The van der Waals surface area contributed by atoms with Gasteiger partial charge in [-0.15, -0.1) is 0 Å². The molecule has 1 amide bonds. The molecule has 1 heterocycles. The highest BCUT2D eigenvalue weighted by molar-refractivity contribution is 6.74. The van der Waals surface area contributed by atoms with Gasteiger partial charge in [-0.25, -0.2) is 9.59 Å². The Hall–Kier alpha value is -1.08. The number of carboxylic acid groups (broad SMARTS) is 2. The second kappa shape index (κ2) is 5.36. The van der Waals surface area contributed by atoms with Crippen LogP contribution in [0, 0.1) is 0 Å². The Balaban J connectivity index is 2.94. The van der Waals surface area contributed by atoms with Crippen LogP contribution in [-0.2, 0) is 9.22 Å². The summed E-state index contributed by atoms with van der Waals surface area (Å²) in [4.78, 5) is 23.5. The minimum atomic E-state index is -2.05. The van der Waals surface area contributed by atoms with E-state index in [4.69, 9.17) is 4.43 Å². The number of carbonyl (C=O) groups is 2. The molecule has 1 fully saturated rings. The number of amides is 1. The Kier molecular flexibility index (Phi) is 4.55. The number of nitrogens with zero attached hydrogens (tertiary/aromatic N) is 1. The SMILES string of the molecule is C[C@H]1[C@@H](O[Si](C)(C)C(C)(C)C)C[C@@H](C(=O)O)N1C(=O)O. The summed E-state index contributed by atoms with van der Waals surface area (Å²) < 4.78 is 6.21. The van der Waals surface area contributed by atoms with Gasteiger partial charge in [-0.1, -0.05) is 20.8 Å². The second-order valence-corrected chi connectivity index (χ2v) is 11.7. The van der Waals surface area contributed by atoms with Crippen molar-refractivity contribution in [3.05, 3.63) is 0 Å². The maximum atomic E-state index is 11.3. The molecule has 116 valence electrons. The molecule has 0 unspecified atom stereocenters. The summed E-state index contributed by atoms with van der Waals surface area (Å²) in [6.45, 7) is 12.2. The number of hydrogen-bond donors (Lipinski definition) is 2. The van der Waals surface area contributed by atoms with Gasteiger partial charge in [0.15, 0.2) is 8.32 Å². The summed E-state index contributed by atoms with van der Waals surface area (Å²) in [6, 6.07) is -1.46. The van der Waals surface area contributed by atoms with Crippen LogP contribution in [0.5, 0.6) is 0 Å². The number of hydrogen-bond acceptors (Lipinski definition) is 3. The van der Waals surface area contributed by atoms with Crippen LogP contribution in [0.3, 0.4) is 0 Å². The first-order valence-corrected chi connectivity index (χ1v) is 9.71. The topological polar surface area (TPSA) is 87.1 Å². The largest absolute Gasteiger partial charge is 0.480 e. The van der Waals surface area contributed by atoms with Gasteiger partial charge in [0.05, 0.1) is 12.1 Å². The van der Waals surface area contributed by atoms with Crippen LogP contribution < -0.4 is 0 Å². The van der Waals surface area contributed by atoms with E-state index in [-0.39, 0.29) is 17.6 Å². The summed E-state index contributed by atoms with van der Waals surface area (Å²) >= 11 is 0. The molecule has 3 atom stereocenters. The first kappa shape index (κ1) is 17.0. The number of aliphatic carboxylic acids is 1. The van der Waals surface area contributed by atoms with Gasteiger partial charge in [0.1, 0.15) is 6.04 Å². The Morgan fingerprint density at radius 3 is 2.05 bits per heavy atom. The first-order chi connectivity index (χ1) is 8.88. The van der Waals surface area contributed by atoms with Crippen molar-refractivity contribution in [2.75, 3.05) is 0 Å². The zero-order chi connectivity index (χ0) is 15.9. The average Bonchev–Trinajstić information content (AvgIpc) is 2.54. The molecule has 0 aliphatic carbocycles. The Labute approximate surface area is 120 Å². The minimum Gasteiger partial charge on any atom is -0.480 e. The standard InChI is InChI=1S/C13H25NO5Si/c1-8-10(19-20(5,6)13(2,3)4)7-9(11(15)16)14(8)12(17)18/h8-10H,7H2,1-6H3,(H,15,16)(H,17,18)/t8-,9-,10-/m0/s1. The van der Waals surface area contributed by atoms with E-state index in [0.29, 0.717) is 0 Å². The van der Waals surface area contributed by atoms with Crippen LogP contribution in [0.15, 0.2) is 0 Å². The van der Waals surface area contributed by atoms with Crippen LogP contribution in [0.25, 0.3) is 0 Å². The molecule has 1 aliphatic rings. The Morgan fingerprint density at radius 2 is 1.75 bits per heavy atom. The Bertz CT molecular complexity index is 404. The van der Waals surface area contributed by atoms with Crippen molar-refractivity contribution in [1.82, 2.24) is 4.90 Å². The molecule has 0 bridgehead atoms. The third-order valence-electron chi connectivity index (χ3n) is 4.53. The number of rotatable bonds is 3. The van der Waals surface area contributed by atoms with Gasteiger partial charge < -0.3 is 14.6 Å². The van der Waals surface area contributed by atoms with E-state index in [9.17, 15) is 19.8 Å². The summed E-state index contributed by atoms with van der Waals surface area (Å²) in [5.74, 6) is -1.11. The van der Waals surface area contributed by atoms with Crippen LogP contribution in [0.1, 0.15) is 34.1 Å². The normalized spacial score (nSPS) is 27.7. The van der Waals surface area contributed by atoms with E-state index < -0.39 is 32.5 Å².